The van der Waals surface area contributed by atoms with E-state index in [1.54, 1.807) is 6.92 Å². The minimum Gasteiger partial charge on any atom is -0.465 e. The van der Waals surface area contributed by atoms with Crippen LogP contribution in [0, 0.1) is 11.7 Å². The van der Waals surface area contributed by atoms with Crippen molar-refractivity contribution in [3.05, 3.63) is 29.6 Å². The van der Waals surface area contributed by atoms with E-state index in [0.29, 0.717) is 12.1 Å². The molecule has 1 rings (SSSR count). The predicted molar refractivity (Wildman–Crippen MR) is 86.0 cm³/mol. The van der Waals surface area contributed by atoms with Gasteiger partial charge in [-0.3, -0.25) is 9.59 Å². The van der Waals surface area contributed by atoms with Crippen LogP contribution in [-0.4, -0.2) is 29.9 Å². The zero-order valence-corrected chi connectivity index (χ0v) is 14.4. The fourth-order valence-corrected chi connectivity index (χ4v) is 2.03. The largest absolute Gasteiger partial charge is 0.465 e. The predicted octanol–water partition coefficient (Wildman–Crippen LogP) is 3.51. The van der Waals surface area contributed by atoms with Crippen LogP contribution < -0.4 is 5.32 Å². The number of aliphatic imine (C=N–C) groups is 1. The smallest absolute Gasteiger partial charge is 0.419 e. The zero-order chi connectivity index (χ0) is 19.2. The molecule has 1 atom stereocenters. The molecule has 0 spiro atoms. The number of hydrogen-bond donors (Lipinski definition) is 1. The zero-order valence-electron chi connectivity index (χ0n) is 13.6. The van der Waals surface area contributed by atoms with E-state index in [2.05, 4.69) is 10.3 Å². The van der Waals surface area contributed by atoms with Crippen LogP contribution in [0.3, 0.4) is 0 Å². The van der Waals surface area contributed by atoms with Gasteiger partial charge in [0.05, 0.1) is 17.9 Å². The van der Waals surface area contributed by atoms with Crippen molar-refractivity contribution in [3.63, 3.8) is 0 Å². The van der Waals surface area contributed by atoms with Crippen molar-refractivity contribution in [1.29, 1.82) is 0 Å². The molecular weight excluding hydrogens is 364 g/mol. The number of thioether (sulfide) groups is 1. The molecule has 10 heteroatoms. The van der Waals surface area contributed by atoms with E-state index in [1.165, 1.54) is 13.2 Å². The van der Waals surface area contributed by atoms with E-state index in [4.69, 9.17) is 4.74 Å². The molecular formula is C15H16F4N2O3S. The van der Waals surface area contributed by atoms with Gasteiger partial charge >= 0.3 is 12.1 Å². The molecule has 1 unspecified atom stereocenters. The van der Waals surface area contributed by atoms with Crippen LogP contribution in [0.4, 0.5) is 23.2 Å². The maximum absolute atomic E-state index is 13.3. The van der Waals surface area contributed by atoms with E-state index >= 15 is 0 Å². The minimum absolute atomic E-state index is 0.0409. The molecule has 0 aliphatic carbocycles. The second-order valence-electron chi connectivity index (χ2n) is 4.75. The van der Waals surface area contributed by atoms with Crippen molar-refractivity contribution in [2.75, 3.05) is 12.9 Å². The molecule has 0 saturated carbocycles. The number of alkyl halides is 3. The average molecular weight is 380 g/mol. The van der Waals surface area contributed by atoms with Gasteiger partial charge in [0, 0.05) is 0 Å². The Morgan fingerprint density at radius 3 is 2.52 bits per heavy atom. The third-order valence-corrected chi connectivity index (χ3v) is 3.52. The molecule has 0 radical (unpaired) electrons. The Labute approximate surface area is 145 Å². The van der Waals surface area contributed by atoms with Crippen LogP contribution in [-0.2, 0) is 20.5 Å². The summed E-state index contributed by atoms with van der Waals surface area (Å²) in [6.07, 6.45) is -3.33. The number of carbonyl (C=O) groups excluding carboxylic acids is 2. The molecule has 138 valence electrons. The van der Waals surface area contributed by atoms with Crippen molar-refractivity contribution in [2.45, 2.75) is 20.0 Å². The van der Waals surface area contributed by atoms with E-state index < -0.39 is 35.4 Å². The lowest BCUT2D eigenvalue weighted by Gasteiger charge is -2.12. The second-order valence-corrected chi connectivity index (χ2v) is 5.54. The molecule has 0 fully saturated rings. The number of carbonyl (C=O) groups is 2. The van der Waals surface area contributed by atoms with Gasteiger partial charge in [0.2, 0.25) is 5.91 Å². The third-order valence-electron chi connectivity index (χ3n) is 2.94. The maximum atomic E-state index is 13.3. The molecule has 0 saturated heterocycles. The van der Waals surface area contributed by atoms with Gasteiger partial charge in [0.1, 0.15) is 11.7 Å². The van der Waals surface area contributed by atoms with Gasteiger partial charge in [-0.1, -0.05) is 11.8 Å². The Bertz CT molecular complexity index is 677. The van der Waals surface area contributed by atoms with Gasteiger partial charge < -0.3 is 10.1 Å². The number of halogens is 4. The number of hydrogen-bond acceptors (Lipinski definition) is 5. The lowest BCUT2D eigenvalue weighted by molar-refractivity contribution is -0.151. The number of amidine groups is 1. The summed E-state index contributed by atoms with van der Waals surface area (Å²) in [6, 6.07) is 2.22. The molecule has 1 aromatic carbocycles. The van der Waals surface area contributed by atoms with Gasteiger partial charge in [0.15, 0.2) is 5.17 Å². The summed E-state index contributed by atoms with van der Waals surface area (Å²) in [6.45, 7) is 3.02. The Balaban J connectivity index is 3.00. The number of benzene rings is 1. The highest BCUT2D eigenvalue weighted by molar-refractivity contribution is 8.13. The third kappa shape index (κ3) is 6.04. The highest BCUT2D eigenvalue weighted by Crippen LogP contribution is 2.33. The Kier molecular flexibility index (Phi) is 7.40. The van der Waals surface area contributed by atoms with Crippen molar-refractivity contribution in [2.24, 2.45) is 10.9 Å². The van der Waals surface area contributed by atoms with E-state index in [0.717, 1.165) is 17.8 Å². The van der Waals surface area contributed by atoms with Gasteiger partial charge in [-0.25, -0.2) is 9.38 Å². The first-order valence-corrected chi connectivity index (χ1v) is 8.29. The molecule has 0 aliphatic heterocycles. The number of nitrogens with one attached hydrogen (secondary N) is 1. The lowest BCUT2D eigenvalue weighted by Crippen LogP contribution is -2.37. The van der Waals surface area contributed by atoms with Crippen molar-refractivity contribution in [3.8, 4) is 0 Å². The molecule has 0 bridgehead atoms. The lowest BCUT2D eigenvalue weighted by atomic mass is 10.2. The number of esters is 1. The van der Waals surface area contributed by atoms with Gasteiger partial charge in [0.25, 0.3) is 0 Å². The average Bonchev–Trinajstić information content (AvgIpc) is 2.54. The normalized spacial score (nSPS) is 13.3. The monoisotopic (exact) mass is 380 g/mol. The summed E-state index contributed by atoms with van der Waals surface area (Å²) in [5, 5.41) is 2.28. The SMILES string of the molecule is CCOC(=O)C(C)C(=O)NC(=Nc1ccc(F)c(C(F)(F)F)c1)SC. The Hall–Kier alpha value is -2.10. The van der Waals surface area contributed by atoms with Gasteiger partial charge in [-0.2, -0.15) is 13.2 Å². The standard InChI is InChI=1S/C15H16F4N2O3S/c1-4-24-13(23)8(2)12(22)21-14(25-3)20-9-5-6-11(16)10(7-9)15(17,18)19/h5-8H,4H2,1-3H3,(H,20,21,22). The summed E-state index contributed by atoms with van der Waals surface area (Å²) in [4.78, 5) is 27.3. The van der Waals surface area contributed by atoms with Crippen molar-refractivity contribution in [1.82, 2.24) is 5.32 Å². The van der Waals surface area contributed by atoms with E-state index in [-0.39, 0.29) is 17.5 Å². The highest BCUT2D eigenvalue weighted by Gasteiger charge is 2.34. The first-order chi connectivity index (χ1) is 11.6. The van der Waals surface area contributed by atoms with Crippen LogP contribution in [0.5, 0.6) is 0 Å². The maximum Gasteiger partial charge on any atom is 0.419 e. The molecule has 0 aromatic heterocycles. The Morgan fingerprint density at radius 1 is 1.36 bits per heavy atom. The summed E-state index contributed by atoms with van der Waals surface area (Å²) < 4.78 is 56.1. The molecule has 5 nitrogen and oxygen atoms in total. The number of ether oxygens (including phenoxy) is 1. The van der Waals surface area contributed by atoms with Gasteiger partial charge in [-0.15, -0.1) is 0 Å². The number of amides is 1. The molecule has 25 heavy (non-hydrogen) atoms. The summed E-state index contributed by atoms with van der Waals surface area (Å²) in [5.41, 5.74) is -1.65. The molecule has 0 heterocycles. The second kappa shape index (κ2) is 8.84. The molecule has 1 N–H and O–H groups in total. The fraction of sp³-hybridized carbons (Fsp3) is 0.400. The quantitative estimate of drug-likeness (QED) is 0.285. The molecule has 0 aliphatic rings. The van der Waals surface area contributed by atoms with Crippen LogP contribution in [0.1, 0.15) is 19.4 Å². The number of nitrogens with zero attached hydrogens (tertiary/aromatic N) is 1. The topological polar surface area (TPSA) is 67.8 Å². The van der Waals surface area contributed by atoms with Crippen LogP contribution >= 0.6 is 11.8 Å². The summed E-state index contributed by atoms with van der Waals surface area (Å²) in [7, 11) is 0. The van der Waals surface area contributed by atoms with Crippen LogP contribution in [0.15, 0.2) is 23.2 Å². The summed E-state index contributed by atoms with van der Waals surface area (Å²) >= 11 is 0.944. The minimum atomic E-state index is -4.86. The van der Waals surface area contributed by atoms with Crippen molar-refractivity contribution >= 4 is 34.5 Å². The fourth-order valence-electron chi connectivity index (χ4n) is 1.63. The van der Waals surface area contributed by atoms with E-state index in [1.807, 2.05) is 0 Å². The van der Waals surface area contributed by atoms with Crippen LogP contribution in [0.2, 0.25) is 0 Å². The van der Waals surface area contributed by atoms with Gasteiger partial charge in [-0.05, 0) is 38.3 Å². The Morgan fingerprint density at radius 2 is 2.00 bits per heavy atom. The number of rotatable bonds is 4. The first kappa shape index (κ1) is 20.9. The molecule has 1 aromatic rings. The van der Waals surface area contributed by atoms with Crippen LogP contribution in [0.25, 0.3) is 0 Å². The van der Waals surface area contributed by atoms with Crippen molar-refractivity contribution < 1.29 is 31.9 Å². The highest BCUT2D eigenvalue weighted by atomic mass is 32.2. The van der Waals surface area contributed by atoms with E-state index in [9.17, 15) is 27.2 Å². The molecule has 1 amide bonds. The first-order valence-electron chi connectivity index (χ1n) is 7.07. The summed E-state index contributed by atoms with van der Waals surface area (Å²) in [5.74, 6) is -3.99.